The minimum Gasteiger partial charge on any atom is -0.488 e. The highest BCUT2D eigenvalue weighted by molar-refractivity contribution is 7.91. The molecule has 1 aromatic carbocycles. The SMILES string of the molecule is C[C@@]1(NC(=O)c2cc3c(s2)-c2ccccc2OC3)CCS(=O)(=O)C1. The van der Waals surface area contributed by atoms with Crippen LogP contribution < -0.4 is 10.1 Å². The molecule has 0 bridgehead atoms. The topological polar surface area (TPSA) is 72.5 Å². The number of nitrogens with one attached hydrogen (secondary N) is 1. The lowest BCUT2D eigenvalue weighted by Crippen LogP contribution is -2.46. The molecule has 1 saturated heterocycles. The fraction of sp³-hybridized carbons (Fsp3) is 0.353. The second-order valence-corrected chi connectivity index (χ2v) is 9.84. The number of sulfone groups is 1. The summed E-state index contributed by atoms with van der Waals surface area (Å²) in [6, 6.07) is 9.62. The van der Waals surface area contributed by atoms with Gasteiger partial charge in [-0.2, -0.15) is 0 Å². The van der Waals surface area contributed by atoms with Crippen LogP contribution in [0.25, 0.3) is 10.4 Å². The third kappa shape index (κ3) is 2.71. The summed E-state index contributed by atoms with van der Waals surface area (Å²) >= 11 is 1.43. The molecule has 1 fully saturated rings. The van der Waals surface area contributed by atoms with Crippen LogP contribution in [0.3, 0.4) is 0 Å². The van der Waals surface area contributed by atoms with Gasteiger partial charge in [0.05, 0.1) is 21.9 Å². The molecule has 0 saturated carbocycles. The fourth-order valence-electron chi connectivity index (χ4n) is 3.26. The van der Waals surface area contributed by atoms with Gasteiger partial charge in [-0.15, -0.1) is 11.3 Å². The number of thiophene rings is 1. The first kappa shape index (κ1) is 15.7. The number of fused-ring (bicyclic) bond motifs is 3. The Hall–Kier alpha value is -1.86. The molecule has 1 aromatic heterocycles. The van der Waals surface area contributed by atoms with E-state index < -0.39 is 15.4 Å². The van der Waals surface area contributed by atoms with Gasteiger partial charge < -0.3 is 10.1 Å². The molecule has 4 rings (SSSR count). The lowest BCUT2D eigenvalue weighted by atomic mass is 10.0. The van der Waals surface area contributed by atoms with Crippen LogP contribution >= 0.6 is 11.3 Å². The van der Waals surface area contributed by atoms with E-state index in [9.17, 15) is 13.2 Å². The van der Waals surface area contributed by atoms with Gasteiger partial charge in [0.1, 0.15) is 12.4 Å². The molecule has 1 atom stereocenters. The Balaban J connectivity index is 1.61. The molecule has 0 radical (unpaired) electrons. The summed E-state index contributed by atoms with van der Waals surface area (Å²) in [6.07, 6.45) is 0.456. The summed E-state index contributed by atoms with van der Waals surface area (Å²) in [5.74, 6) is 0.744. The zero-order chi connectivity index (χ0) is 16.9. The number of benzene rings is 1. The number of carbonyl (C=O) groups excluding carboxylic acids is 1. The largest absolute Gasteiger partial charge is 0.488 e. The summed E-state index contributed by atoms with van der Waals surface area (Å²) in [5, 5.41) is 2.91. The fourth-order valence-corrected chi connectivity index (χ4v) is 6.44. The first-order valence-electron chi connectivity index (χ1n) is 7.73. The minimum atomic E-state index is -3.06. The van der Waals surface area contributed by atoms with Crippen LogP contribution in [0.1, 0.15) is 28.6 Å². The van der Waals surface area contributed by atoms with Crippen molar-refractivity contribution in [3.05, 3.63) is 40.8 Å². The Morgan fingerprint density at radius 1 is 1.33 bits per heavy atom. The smallest absolute Gasteiger partial charge is 0.261 e. The van der Waals surface area contributed by atoms with E-state index in [0.29, 0.717) is 17.9 Å². The number of para-hydroxylation sites is 1. The van der Waals surface area contributed by atoms with Gasteiger partial charge in [-0.1, -0.05) is 12.1 Å². The molecular weight excluding hydrogens is 346 g/mol. The Morgan fingerprint density at radius 2 is 2.12 bits per heavy atom. The van der Waals surface area contributed by atoms with Crippen molar-refractivity contribution in [1.82, 2.24) is 5.32 Å². The monoisotopic (exact) mass is 363 g/mol. The molecule has 7 heteroatoms. The first-order valence-corrected chi connectivity index (χ1v) is 10.4. The van der Waals surface area contributed by atoms with E-state index in [4.69, 9.17) is 4.74 Å². The predicted octanol–water partition coefficient (Wildman–Crippen LogP) is 2.61. The van der Waals surface area contributed by atoms with Crippen molar-refractivity contribution in [2.45, 2.75) is 25.5 Å². The average molecular weight is 363 g/mol. The molecular formula is C17H17NO4S2. The van der Waals surface area contributed by atoms with E-state index >= 15 is 0 Å². The summed E-state index contributed by atoms with van der Waals surface area (Å²) < 4.78 is 29.1. The molecule has 3 heterocycles. The summed E-state index contributed by atoms with van der Waals surface area (Å²) in [5.41, 5.74) is 1.31. The molecule has 2 aromatic rings. The maximum atomic E-state index is 12.6. The standard InChI is InChI=1S/C17H17NO4S2/c1-17(6-7-24(20,21)10-17)18-16(19)14-8-11-9-22-13-5-3-2-4-12(13)15(11)23-14/h2-5,8H,6-7,9-10H2,1H3,(H,18,19)/t17-/m1/s1. The number of carbonyl (C=O) groups is 1. The second kappa shape index (κ2) is 5.32. The number of amides is 1. The van der Waals surface area contributed by atoms with Crippen LogP contribution in [0.4, 0.5) is 0 Å². The van der Waals surface area contributed by atoms with E-state index in [1.54, 1.807) is 6.92 Å². The van der Waals surface area contributed by atoms with Gasteiger partial charge in [-0.3, -0.25) is 4.79 Å². The van der Waals surface area contributed by atoms with Crippen molar-refractivity contribution in [1.29, 1.82) is 0 Å². The molecule has 1 amide bonds. The maximum absolute atomic E-state index is 12.6. The van der Waals surface area contributed by atoms with Crippen molar-refractivity contribution < 1.29 is 17.9 Å². The zero-order valence-corrected chi connectivity index (χ0v) is 14.8. The molecule has 0 spiro atoms. The highest BCUT2D eigenvalue weighted by Gasteiger charge is 2.40. The van der Waals surface area contributed by atoms with Crippen molar-refractivity contribution in [3.8, 4) is 16.2 Å². The minimum absolute atomic E-state index is 0.00275. The van der Waals surface area contributed by atoms with Crippen LogP contribution in [0, 0.1) is 0 Å². The Kier molecular flexibility index (Phi) is 3.47. The summed E-state index contributed by atoms with van der Waals surface area (Å²) in [4.78, 5) is 14.2. The number of hydrogen-bond donors (Lipinski definition) is 1. The van der Waals surface area contributed by atoms with Gasteiger partial charge in [0, 0.05) is 16.0 Å². The van der Waals surface area contributed by atoms with Crippen LogP contribution in [0.15, 0.2) is 30.3 Å². The molecule has 0 unspecified atom stereocenters. The number of rotatable bonds is 2. The predicted molar refractivity (Wildman–Crippen MR) is 93.2 cm³/mol. The van der Waals surface area contributed by atoms with Crippen LogP contribution in [-0.2, 0) is 16.4 Å². The maximum Gasteiger partial charge on any atom is 0.261 e. The van der Waals surface area contributed by atoms with Gasteiger partial charge in [-0.25, -0.2) is 8.42 Å². The third-order valence-corrected chi connectivity index (χ3v) is 7.58. The molecule has 5 nitrogen and oxygen atoms in total. The van der Waals surface area contributed by atoms with E-state index in [0.717, 1.165) is 21.8 Å². The van der Waals surface area contributed by atoms with Crippen molar-refractivity contribution in [2.24, 2.45) is 0 Å². The first-order chi connectivity index (χ1) is 11.4. The molecule has 1 N–H and O–H groups in total. The van der Waals surface area contributed by atoms with E-state index in [1.807, 2.05) is 30.3 Å². The van der Waals surface area contributed by atoms with Crippen molar-refractivity contribution in [2.75, 3.05) is 11.5 Å². The normalized spacial score (nSPS) is 23.9. The van der Waals surface area contributed by atoms with Gasteiger partial charge in [-0.05, 0) is 31.5 Å². The third-order valence-electron chi connectivity index (χ3n) is 4.47. The zero-order valence-electron chi connectivity index (χ0n) is 13.2. The number of ether oxygens (including phenoxy) is 1. The van der Waals surface area contributed by atoms with Crippen LogP contribution in [0.5, 0.6) is 5.75 Å². The quantitative estimate of drug-likeness (QED) is 0.890. The summed E-state index contributed by atoms with van der Waals surface area (Å²) in [7, 11) is -3.06. The Bertz CT molecular complexity index is 932. The van der Waals surface area contributed by atoms with Crippen molar-refractivity contribution in [3.63, 3.8) is 0 Å². The van der Waals surface area contributed by atoms with E-state index in [2.05, 4.69) is 5.32 Å². The molecule has 126 valence electrons. The average Bonchev–Trinajstić information content (AvgIpc) is 3.08. The van der Waals surface area contributed by atoms with Crippen molar-refractivity contribution >= 4 is 27.1 Å². The van der Waals surface area contributed by atoms with Crippen LogP contribution in [0.2, 0.25) is 0 Å². The number of hydrogen-bond acceptors (Lipinski definition) is 5. The summed E-state index contributed by atoms with van der Waals surface area (Å²) in [6.45, 7) is 2.24. The lowest BCUT2D eigenvalue weighted by Gasteiger charge is -2.23. The van der Waals surface area contributed by atoms with E-state index in [1.165, 1.54) is 11.3 Å². The molecule has 2 aliphatic rings. The van der Waals surface area contributed by atoms with Gasteiger partial charge in [0.2, 0.25) is 0 Å². The van der Waals surface area contributed by atoms with Gasteiger partial charge in [0.25, 0.3) is 5.91 Å². The lowest BCUT2D eigenvalue weighted by molar-refractivity contribution is 0.0919. The highest BCUT2D eigenvalue weighted by Crippen LogP contribution is 2.42. The van der Waals surface area contributed by atoms with E-state index in [-0.39, 0.29) is 17.4 Å². The second-order valence-electron chi connectivity index (χ2n) is 6.61. The van der Waals surface area contributed by atoms with Gasteiger partial charge >= 0.3 is 0 Å². The molecule has 24 heavy (non-hydrogen) atoms. The Morgan fingerprint density at radius 3 is 2.88 bits per heavy atom. The molecule has 0 aliphatic carbocycles. The Labute approximate surface area is 144 Å². The highest BCUT2D eigenvalue weighted by atomic mass is 32.2. The van der Waals surface area contributed by atoms with Gasteiger partial charge in [0.15, 0.2) is 9.84 Å². The van der Waals surface area contributed by atoms with Crippen LogP contribution in [-0.4, -0.2) is 31.4 Å². The molecule has 2 aliphatic heterocycles.